The van der Waals surface area contributed by atoms with Crippen molar-refractivity contribution in [2.45, 2.75) is 19.3 Å². The molecule has 82 valence electrons. The number of carbonyl (C=O) groups excluding carboxylic acids is 1. The van der Waals surface area contributed by atoms with Gasteiger partial charge in [0.1, 0.15) is 5.41 Å². The molecule has 0 N–H and O–H groups in total. The molecule has 5 nitrogen and oxygen atoms in total. The van der Waals surface area contributed by atoms with Crippen LogP contribution in [0.2, 0.25) is 0 Å². The van der Waals surface area contributed by atoms with Crippen molar-refractivity contribution in [1.29, 1.82) is 0 Å². The number of hydrogen-bond donors (Lipinski definition) is 0. The van der Waals surface area contributed by atoms with E-state index in [1.54, 1.807) is 26.0 Å². The van der Waals surface area contributed by atoms with Crippen molar-refractivity contribution in [2.24, 2.45) is 0 Å². The van der Waals surface area contributed by atoms with Gasteiger partial charge in [-0.25, -0.2) is 0 Å². The van der Waals surface area contributed by atoms with Crippen molar-refractivity contribution >= 4 is 5.97 Å². The predicted octanol–water partition coefficient (Wildman–Crippen LogP) is 0.936. The van der Waals surface area contributed by atoms with E-state index in [0.29, 0.717) is 11.6 Å². The number of esters is 1. The van der Waals surface area contributed by atoms with Crippen LogP contribution in [0.5, 0.6) is 5.88 Å². The Bertz CT molecular complexity index is 346. The Morgan fingerprint density at radius 3 is 2.33 bits per heavy atom. The first-order chi connectivity index (χ1) is 7.02. The van der Waals surface area contributed by atoms with Crippen molar-refractivity contribution in [2.75, 3.05) is 14.2 Å². The quantitative estimate of drug-likeness (QED) is 0.695. The van der Waals surface area contributed by atoms with Crippen molar-refractivity contribution in [3.8, 4) is 5.88 Å². The number of hydrogen-bond acceptors (Lipinski definition) is 5. The van der Waals surface area contributed by atoms with Crippen LogP contribution in [0, 0.1) is 0 Å². The molecule has 0 fully saturated rings. The van der Waals surface area contributed by atoms with E-state index in [4.69, 9.17) is 4.74 Å². The standard InChI is InChI=1S/C10H14N2O3/c1-10(2,9(13)15-4)7-5-6-8(14-3)12-11-7/h5-6H,1-4H3. The highest BCUT2D eigenvalue weighted by Gasteiger charge is 2.32. The lowest BCUT2D eigenvalue weighted by Crippen LogP contribution is -2.31. The van der Waals surface area contributed by atoms with E-state index >= 15 is 0 Å². The fraction of sp³-hybridized carbons (Fsp3) is 0.500. The van der Waals surface area contributed by atoms with E-state index in [9.17, 15) is 4.79 Å². The summed E-state index contributed by atoms with van der Waals surface area (Å²) in [4.78, 5) is 11.5. The van der Waals surface area contributed by atoms with Crippen molar-refractivity contribution in [1.82, 2.24) is 10.2 Å². The second-order valence-corrected chi connectivity index (χ2v) is 3.58. The summed E-state index contributed by atoms with van der Waals surface area (Å²) in [6, 6.07) is 3.36. The van der Waals surface area contributed by atoms with Crippen LogP contribution in [-0.2, 0) is 14.9 Å². The summed E-state index contributed by atoms with van der Waals surface area (Å²) in [6.07, 6.45) is 0. The van der Waals surface area contributed by atoms with E-state index in [-0.39, 0.29) is 5.97 Å². The van der Waals surface area contributed by atoms with Gasteiger partial charge in [0.2, 0.25) is 5.88 Å². The summed E-state index contributed by atoms with van der Waals surface area (Å²) in [5, 5.41) is 7.71. The largest absolute Gasteiger partial charge is 0.480 e. The molecule has 0 amide bonds. The normalized spacial score (nSPS) is 10.9. The third kappa shape index (κ3) is 2.23. The van der Waals surface area contributed by atoms with Crippen LogP contribution in [0.4, 0.5) is 0 Å². The summed E-state index contributed by atoms with van der Waals surface area (Å²) in [5.41, 5.74) is -0.247. The Balaban J connectivity index is 3.00. The zero-order chi connectivity index (χ0) is 11.5. The lowest BCUT2D eigenvalue weighted by molar-refractivity contribution is -0.146. The molecule has 0 atom stereocenters. The molecule has 0 aromatic carbocycles. The molecule has 1 aromatic rings. The van der Waals surface area contributed by atoms with Gasteiger partial charge >= 0.3 is 5.97 Å². The van der Waals surface area contributed by atoms with E-state index in [1.165, 1.54) is 14.2 Å². The molecule has 0 unspecified atom stereocenters. The van der Waals surface area contributed by atoms with Crippen molar-refractivity contribution < 1.29 is 14.3 Å². The first kappa shape index (κ1) is 11.4. The highest BCUT2D eigenvalue weighted by molar-refractivity contribution is 5.81. The smallest absolute Gasteiger partial charge is 0.317 e. The maximum atomic E-state index is 11.5. The zero-order valence-corrected chi connectivity index (χ0v) is 9.27. The molecule has 5 heteroatoms. The summed E-state index contributed by atoms with van der Waals surface area (Å²) in [5.74, 6) is 0.0707. The van der Waals surface area contributed by atoms with Gasteiger partial charge in [0.15, 0.2) is 0 Å². The van der Waals surface area contributed by atoms with Gasteiger partial charge in [-0.1, -0.05) is 0 Å². The topological polar surface area (TPSA) is 61.3 Å². The van der Waals surface area contributed by atoms with E-state index < -0.39 is 5.41 Å². The van der Waals surface area contributed by atoms with E-state index in [0.717, 1.165) is 0 Å². The molecule has 1 aromatic heterocycles. The lowest BCUT2D eigenvalue weighted by atomic mass is 9.89. The Morgan fingerprint density at radius 1 is 1.27 bits per heavy atom. The Morgan fingerprint density at radius 2 is 1.93 bits per heavy atom. The van der Waals surface area contributed by atoms with Crippen molar-refractivity contribution in [3.05, 3.63) is 17.8 Å². The van der Waals surface area contributed by atoms with Crippen molar-refractivity contribution in [3.63, 3.8) is 0 Å². The van der Waals surface area contributed by atoms with Gasteiger partial charge < -0.3 is 9.47 Å². The number of methoxy groups -OCH3 is 2. The van der Waals surface area contributed by atoms with Gasteiger partial charge in [0.25, 0.3) is 0 Å². The van der Waals surface area contributed by atoms with Gasteiger partial charge in [-0.2, -0.15) is 5.10 Å². The van der Waals surface area contributed by atoms with Gasteiger partial charge in [-0.15, -0.1) is 5.10 Å². The van der Waals surface area contributed by atoms with Crippen LogP contribution in [0.3, 0.4) is 0 Å². The minimum Gasteiger partial charge on any atom is -0.480 e. The monoisotopic (exact) mass is 210 g/mol. The van der Waals surface area contributed by atoms with Crippen LogP contribution < -0.4 is 4.74 Å². The number of aromatic nitrogens is 2. The minimum absolute atomic E-state index is 0.345. The Kier molecular flexibility index (Phi) is 3.24. The molecule has 0 aliphatic heterocycles. The Labute approximate surface area is 88.4 Å². The second-order valence-electron chi connectivity index (χ2n) is 3.58. The molecule has 0 aliphatic rings. The number of nitrogens with zero attached hydrogens (tertiary/aromatic N) is 2. The van der Waals surface area contributed by atoms with E-state index in [2.05, 4.69) is 14.9 Å². The van der Waals surface area contributed by atoms with Crippen LogP contribution in [0.1, 0.15) is 19.5 Å². The van der Waals surface area contributed by atoms with Crippen LogP contribution in [-0.4, -0.2) is 30.4 Å². The Hall–Kier alpha value is -1.65. The number of carbonyl (C=O) groups is 1. The molecule has 0 spiro atoms. The first-order valence-corrected chi connectivity index (χ1v) is 4.49. The van der Waals surface area contributed by atoms with E-state index in [1.807, 2.05) is 0 Å². The molecule has 0 radical (unpaired) electrons. The molecule has 0 saturated heterocycles. The fourth-order valence-electron chi connectivity index (χ4n) is 1.12. The summed E-state index contributed by atoms with van der Waals surface area (Å²) in [7, 11) is 2.86. The number of rotatable bonds is 3. The highest BCUT2D eigenvalue weighted by atomic mass is 16.5. The minimum atomic E-state index is -0.798. The molecule has 1 heterocycles. The van der Waals surface area contributed by atoms with Crippen LogP contribution in [0.15, 0.2) is 12.1 Å². The van der Waals surface area contributed by atoms with Crippen LogP contribution in [0.25, 0.3) is 0 Å². The fourth-order valence-corrected chi connectivity index (χ4v) is 1.12. The molecule has 15 heavy (non-hydrogen) atoms. The van der Waals surface area contributed by atoms with Crippen LogP contribution >= 0.6 is 0 Å². The maximum Gasteiger partial charge on any atom is 0.317 e. The number of ether oxygens (including phenoxy) is 2. The SMILES string of the molecule is COC(=O)C(C)(C)c1ccc(OC)nn1. The van der Waals surface area contributed by atoms with Gasteiger partial charge in [-0.3, -0.25) is 4.79 Å². The lowest BCUT2D eigenvalue weighted by Gasteiger charge is -2.19. The van der Waals surface area contributed by atoms with Gasteiger partial charge in [0.05, 0.1) is 19.9 Å². The average molecular weight is 210 g/mol. The first-order valence-electron chi connectivity index (χ1n) is 4.49. The summed E-state index contributed by atoms with van der Waals surface area (Å²) in [6.45, 7) is 3.46. The maximum absolute atomic E-state index is 11.5. The third-order valence-electron chi connectivity index (χ3n) is 2.19. The molecule has 0 saturated carbocycles. The summed E-state index contributed by atoms with van der Waals surface area (Å²) >= 11 is 0. The van der Waals surface area contributed by atoms with Gasteiger partial charge in [0, 0.05) is 6.07 Å². The van der Waals surface area contributed by atoms with Gasteiger partial charge in [-0.05, 0) is 19.9 Å². The molecule has 1 rings (SSSR count). The molecular formula is C10H14N2O3. The molecule has 0 bridgehead atoms. The third-order valence-corrected chi connectivity index (χ3v) is 2.19. The predicted molar refractivity (Wildman–Crippen MR) is 53.6 cm³/mol. The summed E-state index contributed by atoms with van der Waals surface area (Å²) < 4.78 is 9.57. The zero-order valence-electron chi connectivity index (χ0n) is 9.27. The average Bonchev–Trinajstić information content (AvgIpc) is 2.28. The molecule has 0 aliphatic carbocycles. The second kappa shape index (κ2) is 4.25. The highest BCUT2D eigenvalue weighted by Crippen LogP contribution is 2.22. The molecular weight excluding hydrogens is 196 g/mol.